The summed E-state index contributed by atoms with van der Waals surface area (Å²) in [4.78, 5) is 53.5. The number of nitrogens with zero attached hydrogens (tertiary/aromatic N) is 1. The lowest BCUT2D eigenvalue weighted by Crippen LogP contribution is -2.30. The summed E-state index contributed by atoms with van der Waals surface area (Å²) in [5.41, 5.74) is 2.74. The number of carbonyl (C=O) groups is 4. The normalized spacial score (nSPS) is 10.8. The molecule has 0 radical (unpaired) electrons. The summed E-state index contributed by atoms with van der Waals surface area (Å²) in [6.07, 6.45) is 1.54. The van der Waals surface area contributed by atoms with Crippen LogP contribution in [0.3, 0.4) is 0 Å². The number of nitriles is 1. The zero-order valence-electron chi connectivity index (χ0n) is 27.0. The van der Waals surface area contributed by atoms with Crippen molar-refractivity contribution in [3.63, 3.8) is 0 Å². The minimum atomic E-state index is -0.565. The van der Waals surface area contributed by atoms with Crippen LogP contribution in [0.25, 0.3) is 6.08 Å². The van der Waals surface area contributed by atoms with Crippen LogP contribution in [0.4, 0.5) is 16.4 Å². The number of ether oxygens (including phenoxy) is 1. The fraction of sp³-hybridized carbons (Fsp3) is 0.0789. The van der Waals surface area contributed by atoms with Gasteiger partial charge in [-0.15, -0.1) is 23.1 Å². The quantitative estimate of drug-likeness (QED) is 0.0786. The van der Waals surface area contributed by atoms with Gasteiger partial charge in [0.05, 0.1) is 23.3 Å². The van der Waals surface area contributed by atoms with Gasteiger partial charge in [0, 0.05) is 27.4 Å². The van der Waals surface area contributed by atoms with Crippen molar-refractivity contribution in [3.05, 3.63) is 142 Å². The van der Waals surface area contributed by atoms with Crippen LogP contribution in [0.1, 0.15) is 36.7 Å². The van der Waals surface area contributed by atoms with Crippen molar-refractivity contribution in [2.24, 2.45) is 0 Å². The van der Waals surface area contributed by atoms with E-state index in [1.165, 1.54) is 24.9 Å². The molecule has 0 bridgehead atoms. The maximum atomic E-state index is 13.5. The Morgan fingerprint density at radius 3 is 2.22 bits per heavy atom. The number of benzene rings is 4. The maximum Gasteiger partial charge on any atom is 0.272 e. The third kappa shape index (κ3) is 9.04. The Balaban J connectivity index is 1.26. The number of nitrogens with one attached hydrogen (secondary N) is 4. The van der Waals surface area contributed by atoms with Gasteiger partial charge in [-0.1, -0.05) is 60.7 Å². The lowest BCUT2D eigenvalue weighted by Gasteiger charge is -2.13. The molecule has 0 aliphatic heterocycles. The molecule has 0 unspecified atom stereocenters. The van der Waals surface area contributed by atoms with E-state index in [-0.39, 0.29) is 28.8 Å². The van der Waals surface area contributed by atoms with Crippen molar-refractivity contribution in [2.75, 3.05) is 28.8 Å². The summed E-state index contributed by atoms with van der Waals surface area (Å²) in [7, 11) is 1.52. The zero-order chi connectivity index (χ0) is 35.5. The van der Waals surface area contributed by atoms with E-state index in [9.17, 15) is 24.4 Å². The molecule has 0 saturated heterocycles. The van der Waals surface area contributed by atoms with Gasteiger partial charge in [0.1, 0.15) is 22.5 Å². The third-order valence-electron chi connectivity index (χ3n) is 7.18. The molecular formula is C38H31N5O5S2. The second-order valence-electron chi connectivity index (χ2n) is 10.6. The van der Waals surface area contributed by atoms with Crippen molar-refractivity contribution < 1.29 is 23.9 Å². The highest BCUT2D eigenvalue weighted by atomic mass is 32.2. The van der Waals surface area contributed by atoms with Gasteiger partial charge >= 0.3 is 0 Å². The largest absolute Gasteiger partial charge is 0.496 e. The number of methoxy groups -OCH3 is 1. The molecule has 5 aromatic rings. The Bertz CT molecular complexity index is 2110. The smallest absolute Gasteiger partial charge is 0.272 e. The van der Waals surface area contributed by atoms with E-state index in [2.05, 4.69) is 27.3 Å². The molecule has 4 amide bonds. The van der Waals surface area contributed by atoms with Gasteiger partial charge in [0.25, 0.3) is 17.7 Å². The van der Waals surface area contributed by atoms with Crippen LogP contribution < -0.4 is 26.0 Å². The van der Waals surface area contributed by atoms with Crippen molar-refractivity contribution in [1.82, 2.24) is 5.32 Å². The molecule has 0 aliphatic carbocycles. The van der Waals surface area contributed by atoms with Crippen molar-refractivity contribution in [2.45, 2.75) is 11.8 Å². The molecule has 12 heteroatoms. The van der Waals surface area contributed by atoms with E-state index >= 15 is 0 Å². The van der Waals surface area contributed by atoms with E-state index in [1.54, 1.807) is 110 Å². The lowest BCUT2D eigenvalue weighted by atomic mass is 10.1. The second-order valence-corrected chi connectivity index (χ2v) is 12.7. The molecule has 0 fully saturated rings. The highest BCUT2D eigenvalue weighted by Crippen LogP contribution is 2.33. The van der Waals surface area contributed by atoms with Crippen LogP contribution in [0.2, 0.25) is 0 Å². The van der Waals surface area contributed by atoms with Gasteiger partial charge in [-0.25, -0.2) is 0 Å². The summed E-state index contributed by atoms with van der Waals surface area (Å²) < 4.78 is 5.43. The van der Waals surface area contributed by atoms with Crippen LogP contribution in [0.5, 0.6) is 5.75 Å². The van der Waals surface area contributed by atoms with E-state index in [4.69, 9.17) is 4.74 Å². The number of amides is 4. The molecule has 50 heavy (non-hydrogen) atoms. The van der Waals surface area contributed by atoms with Crippen LogP contribution in [-0.4, -0.2) is 36.5 Å². The molecule has 1 aromatic heterocycles. The number of thiophene rings is 1. The Labute approximate surface area is 297 Å². The summed E-state index contributed by atoms with van der Waals surface area (Å²) in [6, 6.07) is 33.6. The minimum absolute atomic E-state index is 0.00264. The first-order valence-corrected chi connectivity index (χ1v) is 17.0. The predicted molar refractivity (Wildman–Crippen MR) is 197 cm³/mol. The Hall–Kier alpha value is -6.16. The van der Waals surface area contributed by atoms with E-state index in [0.29, 0.717) is 48.6 Å². The van der Waals surface area contributed by atoms with Gasteiger partial charge in [0.2, 0.25) is 5.91 Å². The first-order chi connectivity index (χ1) is 24.2. The van der Waals surface area contributed by atoms with Gasteiger partial charge in [0.15, 0.2) is 0 Å². The van der Waals surface area contributed by atoms with Crippen LogP contribution >= 0.6 is 23.1 Å². The molecular weight excluding hydrogens is 671 g/mol. The Kier molecular flexibility index (Phi) is 11.8. The number of thioether (sulfide) groups is 1. The number of hydrogen-bond donors (Lipinski definition) is 4. The summed E-state index contributed by atoms with van der Waals surface area (Å²) >= 11 is 2.26. The molecule has 1 heterocycles. The molecule has 0 atom stereocenters. The highest BCUT2D eigenvalue weighted by Gasteiger charge is 2.22. The first kappa shape index (κ1) is 35.2. The zero-order valence-corrected chi connectivity index (χ0v) is 28.6. The molecule has 0 aliphatic rings. The second kappa shape index (κ2) is 16.8. The predicted octanol–water partition coefficient (Wildman–Crippen LogP) is 7.33. The fourth-order valence-corrected chi connectivity index (χ4v) is 6.54. The van der Waals surface area contributed by atoms with E-state index in [1.807, 2.05) is 6.07 Å². The average Bonchev–Trinajstić information content (AvgIpc) is 3.45. The Morgan fingerprint density at radius 2 is 1.50 bits per heavy atom. The first-order valence-electron chi connectivity index (χ1n) is 15.2. The minimum Gasteiger partial charge on any atom is -0.496 e. The fourth-order valence-electron chi connectivity index (χ4n) is 4.72. The number of carbonyl (C=O) groups excluding carboxylic acids is 4. The van der Waals surface area contributed by atoms with Crippen LogP contribution in [-0.2, 0) is 9.59 Å². The Morgan fingerprint density at radius 1 is 0.820 bits per heavy atom. The molecule has 0 saturated carbocycles. The van der Waals surface area contributed by atoms with Gasteiger partial charge in [-0.2, -0.15) is 5.26 Å². The van der Waals surface area contributed by atoms with Crippen molar-refractivity contribution >= 4 is 69.2 Å². The van der Waals surface area contributed by atoms with Crippen molar-refractivity contribution in [3.8, 4) is 11.8 Å². The maximum absolute atomic E-state index is 13.5. The number of hydrogen-bond acceptors (Lipinski definition) is 8. The summed E-state index contributed by atoms with van der Waals surface area (Å²) in [5, 5.41) is 21.2. The van der Waals surface area contributed by atoms with E-state index < -0.39 is 11.8 Å². The number of anilines is 3. The molecule has 4 N–H and O–H groups in total. The number of rotatable bonds is 12. The average molecular weight is 702 g/mol. The molecule has 5 rings (SSSR count). The molecule has 4 aromatic carbocycles. The molecule has 250 valence electrons. The van der Waals surface area contributed by atoms with Gasteiger partial charge < -0.3 is 26.0 Å². The van der Waals surface area contributed by atoms with Crippen LogP contribution in [0, 0.1) is 18.3 Å². The monoisotopic (exact) mass is 701 g/mol. The van der Waals surface area contributed by atoms with E-state index in [0.717, 1.165) is 11.3 Å². The standard InChI is InChI=1S/C38H31N5O5S2/c1-24-30(22-39)38(50-34(24)37(47)40-27-15-7-4-8-16-27)43-33(44)23-49-29-18-11-17-28(21-29)41-36(46)31(20-26-14-9-10-19-32(26)48-2)42-35(45)25-12-5-3-6-13-25/h3-21H,23H2,1-2H3,(H,40,47)(H,41,46)(H,42,45)(H,43,44)/b31-20+. The molecule has 10 nitrogen and oxygen atoms in total. The highest BCUT2D eigenvalue weighted by molar-refractivity contribution is 8.00. The molecule has 0 spiro atoms. The van der Waals surface area contributed by atoms with Crippen molar-refractivity contribution in [1.29, 1.82) is 5.26 Å². The summed E-state index contributed by atoms with van der Waals surface area (Å²) in [6.45, 7) is 1.67. The van der Waals surface area contributed by atoms with Gasteiger partial charge in [-0.05, 0) is 67.1 Å². The SMILES string of the molecule is COc1ccccc1/C=C(/NC(=O)c1ccccc1)C(=O)Nc1cccc(SCC(=O)Nc2sc(C(=O)Nc3ccccc3)c(C)c2C#N)c1. The third-order valence-corrected chi connectivity index (χ3v) is 9.38. The lowest BCUT2D eigenvalue weighted by molar-refractivity contribution is -0.114. The van der Waals surface area contributed by atoms with Gasteiger partial charge in [-0.3, -0.25) is 19.2 Å². The van der Waals surface area contributed by atoms with Crippen LogP contribution in [0.15, 0.2) is 120 Å². The topological polar surface area (TPSA) is 149 Å². The number of para-hydroxylation sites is 2. The summed E-state index contributed by atoms with van der Waals surface area (Å²) in [5.74, 6) is -1.25.